The highest BCUT2D eigenvalue weighted by molar-refractivity contribution is 8.14. The maximum atomic E-state index is 13.2. The van der Waals surface area contributed by atoms with Gasteiger partial charge in [-0.05, 0) is 42.8 Å². The number of para-hydroxylation sites is 1. The molecule has 7 nitrogen and oxygen atoms in total. The van der Waals surface area contributed by atoms with Gasteiger partial charge in [-0.1, -0.05) is 30.0 Å². The number of aliphatic imine (C=N–C) groups is 1. The van der Waals surface area contributed by atoms with Crippen molar-refractivity contribution in [2.24, 2.45) is 10.9 Å². The van der Waals surface area contributed by atoms with Crippen molar-refractivity contribution in [2.45, 2.75) is 19.3 Å². The standard InChI is InChI=1S/C21H20F3N5O2S/c1-12-4-2-3-5-16(12)29-19(31)15-10-25-28-18(15)27-20(29)32-11-17(30)26-14-8-6-13(7-9-14)21(22,23)24/h2-9,15,18,25,28H,10-11H2,1H3,(H,26,30). The van der Waals surface area contributed by atoms with Crippen LogP contribution in [-0.2, 0) is 15.8 Å². The van der Waals surface area contributed by atoms with Gasteiger partial charge in [0.25, 0.3) is 0 Å². The molecule has 2 aliphatic rings. The largest absolute Gasteiger partial charge is 0.416 e. The number of anilines is 2. The minimum absolute atomic E-state index is 0.0691. The third kappa shape index (κ3) is 4.64. The number of rotatable bonds is 4. The highest BCUT2D eigenvalue weighted by atomic mass is 32.2. The zero-order valence-electron chi connectivity index (χ0n) is 16.9. The van der Waals surface area contributed by atoms with Crippen LogP contribution in [0.3, 0.4) is 0 Å². The van der Waals surface area contributed by atoms with E-state index in [9.17, 15) is 22.8 Å². The van der Waals surface area contributed by atoms with Gasteiger partial charge in [0.15, 0.2) is 5.17 Å². The van der Waals surface area contributed by atoms with E-state index in [-0.39, 0.29) is 23.3 Å². The zero-order valence-corrected chi connectivity index (χ0v) is 17.8. The summed E-state index contributed by atoms with van der Waals surface area (Å²) in [6.07, 6.45) is -4.87. The third-order valence-corrected chi connectivity index (χ3v) is 6.07. The fourth-order valence-electron chi connectivity index (χ4n) is 3.47. The summed E-state index contributed by atoms with van der Waals surface area (Å²) in [6, 6.07) is 11.6. The molecule has 168 valence electrons. The van der Waals surface area contributed by atoms with E-state index in [4.69, 9.17) is 0 Å². The molecule has 2 aliphatic heterocycles. The maximum Gasteiger partial charge on any atom is 0.416 e. The SMILES string of the molecule is Cc1ccccc1N1C(=O)C2CNNC2N=C1SCC(=O)Nc1ccc(C(F)(F)F)cc1. The van der Waals surface area contributed by atoms with Crippen molar-refractivity contribution in [1.82, 2.24) is 10.9 Å². The predicted octanol–water partition coefficient (Wildman–Crippen LogP) is 3.14. The topological polar surface area (TPSA) is 85.8 Å². The molecule has 32 heavy (non-hydrogen) atoms. The van der Waals surface area contributed by atoms with E-state index in [0.717, 1.165) is 29.5 Å². The molecule has 2 aromatic rings. The number of alkyl halides is 3. The van der Waals surface area contributed by atoms with E-state index in [1.165, 1.54) is 17.0 Å². The molecular weight excluding hydrogens is 443 g/mol. The van der Waals surface area contributed by atoms with E-state index in [1.807, 2.05) is 31.2 Å². The van der Waals surface area contributed by atoms with Crippen molar-refractivity contribution < 1.29 is 22.8 Å². The Morgan fingerprint density at radius 3 is 2.62 bits per heavy atom. The molecular formula is C21H20F3N5O2S. The van der Waals surface area contributed by atoms with Gasteiger partial charge >= 0.3 is 6.18 Å². The molecule has 0 saturated carbocycles. The second-order valence-electron chi connectivity index (χ2n) is 7.36. The van der Waals surface area contributed by atoms with Crippen LogP contribution in [0.5, 0.6) is 0 Å². The average molecular weight is 463 g/mol. The summed E-state index contributed by atoms with van der Waals surface area (Å²) in [5, 5.41) is 2.95. The van der Waals surface area contributed by atoms with Crippen molar-refractivity contribution in [3.63, 3.8) is 0 Å². The summed E-state index contributed by atoms with van der Waals surface area (Å²) >= 11 is 1.09. The Hall–Kier alpha value is -2.89. The van der Waals surface area contributed by atoms with Crippen molar-refractivity contribution in [2.75, 3.05) is 22.5 Å². The summed E-state index contributed by atoms with van der Waals surface area (Å²) in [5.41, 5.74) is 6.94. The number of hydrazine groups is 1. The number of fused-ring (bicyclic) bond motifs is 1. The van der Waals surface area contributed by atoms with Crippen molar-refractivity contribution in [1.29, 1.82) is 0 Å². The number of carbonyl (C=O) groups excluding carboxylic acids is 2. The van der Waals surface area contributed by atoms with Gasteiger partial charge in [0.1, 0.15) is 6.17 Å². The van der Waals surface area contributed by atoms with Gasteiger partial charge in [-0.3, -0.25) is 19.9 Å². The first kappa shape index (κ1) is 22.3. The fourth-order valence-corrected chi connectivity index (χ4v) is 4.31. The predicted molar refractivity (Wildman–Crippen MR) is 117 cm³/mol. The summed E-state index contributed by atoms with van der Waals surface area (Å²) in [5.74, 6) is -0.975. The summed E-state index contributed by atoms with van der Waals surface area (Å²) < 4.78 is 38.1. The van der Waals surface area contributed by atoms with E-state index in [0.29, 0.717) is 17.4 Å². The van der Waals surface area contributed by atoms with Crippen molar-refractivity contribution >= 4 is 40.1 Å². The van der Waals surface area contributed by atoms with Crippen LogP contribution in [0.2, 0.25) is 0 Å². The summed E-state index contributed by atoms with van der Waals surface area (Å²) in [7, 11) is 0. The van der Waals surface area contributed by atoms with Gasteiger partial charge in [-0.25, -0.2) is 10.4 Å². The molecule has 1 saturated heterocycles. The number of aryl methyl sites for hydroxylation is 1. The Morgan fingerprint density at radius 2 is 1.94 bits per heavy atom. The molecule has 2 amide bonds. The first-order chi connectivity index (χ1) is 15.2. The van der Waals surface area contributed by atoms with Gasteiger partial charge in [-0.15, -0.1) is 0 Å². The second kappa shape index (κ2) is 8.93. The highest BCUT2D eigenvalue weighted by Gasteiger charge is 2.42. The lowest BCUT2D eigenvalue weighted by molar-refractivity contribution is -0.137. The van der Waals surface area contributed by atoms with Crippen LogP contribution in [-0.4, -0.2) is 35.4 Å². The smallest absolute Gasteiger partial charge is 0.325 e. The summed E-state index contributed by atoms with van der Waals surface area (Å²) in [4.78, 5) is 31.7. The molecule has 0 spiro atoms. The second-order valence-corrected chi connectivity index (χ2v) is 8.30. The number of nitrogens with one attached hydrogen (secondary N) is 3. The Morgan fingerprint density at radius 1 is 1.22 bits per heavy atom. The monoisotopic (exact) mass is 463 g/mol. The first-order valence-electron chi connectivity index (χ1n) is 9.80. The van der Waals surface area contributed by atoms with E-state index in [2.05, 4.69) is 21.2 Å². The number of carbonyl (C=O) groups is 2. The molecule has 2 atom stereocenters. The average Bonchev–Trinajstić information content (AvgIpc) is 3.22. The number of benzene rings is 2. The Labute approximate surface area is 186 Å². The molecule has 2 heterocycles. The van der Waals surface area contributed by atoms with Gasteiger partial charge in [-0.2, -0.15) is 13.2 Å². The molecule has 0 aromatic heterocycles. The number of hydrogen-bond donors (Lipinski definition) is 3. The van der Waals surface area contributed by atoms with Crippen molar-refractivity contribution in [3.05, 3.63) is 59.7 Å². The lowest BCUT2D eigenvalue weighted by Gasteiger charge is -2.33. The van der Waals surface area contributed by atoms with E-state index in [1.54, 1.807) is 0 Å². The van der Waals surface area contributed by atoms with Crippen LogP contribution in [0.4, 0.5) is 24.5 Å². The van der Waals surface area contributed by atoms with E-state index >= 15 is 0 Å². The molecule has 11 heteroatoms. The molecule has 2 aromatic carbocycles. The van der Waals surface area contributed by atoms with Gasteiger partial charge < -0.3 is 5.32 Å². The minimum Gasteiger partial charge on any atom is -0.325 e. The quantitative estimate of drug-likeness (QED) is 0.649. The Balaban J connectivity index is 1.48. The minimum atomic E-state index is -4.44. The Bertz CT molecular complexity index is 1060. The molecule has 0 bridgehead atoms. The van der Waals surface area contributed by atoms with Crippen LogP contribution in [0.1, 0.15) is 11.1 Å². The zero-order chi connectivity index (χ0) is 22.9. The number of halogens is 3. The van der Waals surface area contributed by atoms with Crippen LogP contribution in [0.15, 0.2) is 53.5 Å². The Kier molecular flexibility index (Phi) is 6.22. The first-order valence-corrected chi connectivity index (χ1v) is 10.8. The molecule has 4 rings (SSSR count). The van der Waals surface area contributed by atoms with Crippen LogP contribution < -0.4 is 21.1 Å². The van der Waals surface area contributed by atoms with E-state index < -0.39 is 23.8 Å². The molecule has 3 N–H and O–H groups in total. The van der Waals surface area contributed by atoms with Gasteiger partial charge in [0.05, 0.1) is 22.9 Å². The normalized spacial score (nSPS) is 20.7. The number of amidine groups is 1. The maximum absolute atomic E-state index is 13.2. The molecule has 1 fully saturated rings. The number of thioether (sulfide) groups is 1. The fraction of sp³-hybridized carbons (Fsp3) is 0.286. The van der Waals surface area contributed by atoms with Crippen LogP contribution >= 0.6 is 11.8 Å². The van der Waals surface area contributed by atoms with Crippen LogP contribution in [0, 0.1) is 12.8 Å². The molecule has 2 unspecified atom stereocenters. The van der Waals surface area contributed by atoms with Crippen LogP contribution in [0.25, 0.3) is 0 Å². The number of nitrogens with zero attached hydrogens (tertiary/aromatic N) is 2. The lowest BCUT2D eigenvalue weighted by Crippen LogP contribution is -2.49. The number of hydrogen-bond acceptors (Lipinski definition) is 6. The highest BCUT2D eigenvalue weighted by Crippen LogP contribution is 2.32. The lowest BCUT2D eigenvalue weighted by atomic mass is 10.0. The van der Waals surface area contributed by atoms with Gasteiger partial charge in [0, 0.05) is 12.2 Å². The van der Waals surface area contributed by atoms with Gasteiger partial charge in [0.2, 0.25) is 11.8 Å². The number of amides is 2. The molecule has 0 aliphatic carbocycles. The van der Waals surface area contributed by atoms with Crippen molar-refractivity contribution in [3.8, 4) is 0 Å². The third-order valence-electron chi connectivity index (χ3n) is 5.12. The molecule has 0 radical (unpaired) electrons. The summed E-state index contributed by atoms with van der Waals surface area (Å²) in [6.45, 7) is 2.33.